The maximum Gasteiger partial charge on any atom is 0.410 e. The maximum absolute atomic E-state index is 12.2. The molecule has 0 spiro atoms. The first-order chi connectivity index (χ1) is 9.85. The quantitative estimate of drug-likeness (QED) is 0.776. The number of amides is 1. The third-order valence-electron chi connectivity index (χ3n) is 3.12. The van der Waals surface area contributed by atoms with Gasteiger partial charge in [-0.1, -0.05) is 6.07 Å². The Morgan fingerprint density at radius 2 is 2.24 bits per heavy atom. The van der Waals surface area contributed by atoms with Gasteiger partial charge in [0.2, 0.25) is 5.88 Å². The Morgan fingerprint density at radius 1 is 1.48 bits per heavy atom. The summed E-state index contributed by atoms with van der Waals surface area (Å²) in [4.78, 5) is 18.1. The van der Waals surface area contributed by atoms with Crippen LogP contribution >= 0.6 is 15.9 Å². The highest BCUT2D eigenvalue weighted by Crippen LogP contribution is 2.22. The van der Waals surface area contributed by atoms with Crippen LogP contribution in [0.4, 0.5) is 4.79 Å². The van der Waals surface area contributed by atoms with Crippen LogP contribution in [0.5, 0.6) is 5.88 Å². The van der Waals surface area contributed by atoms with E-state index in [0.717, 1.165) is 24.0 Å². The van der Waals surface area contributed by atoms with Gasteiger partial charge >= 0.3 is 6.09 Å². The van der Waals surface area contributed by atoms with Crippen molar-refractivity contribution in [2.75, 3.05) is 13.2 Å². The molecule has 6 heteroatoms. The first-order valence-electron chi connectivity index (χ1n) is 7.10. The number of hydrogen-bond donors (Lipinski definition) is 0. The summed E-state index contributed by atoms with van der Waals surface area (Å²) in [5.41, 5.74) is -0.475. The van der Waals surface area contributed by atoms with Gasteiger partial charge in [0.1, 0.15) is 16.8 Å². The molecule has 1 aliphatic rings. The lowest BCUT2D eigenvalue weighted by molar-refractivity contribution is 0.0185. The van der Waals surface area contributed by atoms with Gasteiger partial charge in [-0.15, -0.1) is 0 Å². The minimum Gasteiger partial charge on any atom is -0.475 e. The van der Waals surface area contributed by atoms with E-state index in [4.69, 9.17) is 9.47 Å². The monoisotopic (exact) mass is 356 g/mol. The average Bonchev–Trinajstić information content (AvgIpc) is 2.83. The zero-order chi connectivity index (χ0) is 15.5. The van der Waals surface area contributed by atoms with E-state index in [1.54, 1.807) is 11.0 Å². The van der Waals surface area contributed by atoms with Gasteiger partial charge in [-0.2, -0.15) is 0 Å². The smallest absolute Gasteiger partial charge is 0.410 e. The molecule has 0 bridgehead atoms. The molecular formula is C15H21BrN2O3. The van der Waals surface area contributed by atoms with Crippen molar-refractivity contribution in [3.8, 4) is 5.88 Å². The van der Waals surface area contributed by atoms with E-state index in [0.29, 0.717) is 12.5 Å². The van der Waals surface area contributed by atoms with Crippen LogP contribution in [0.25, 0.3) is 0 Å². The molecule has 0 aliphatic carbocycles. The lowest BCUT2D eigenvalue weighted by atomic mass is 10.2. The Hall–Kier alpha value is -1.30. The zero-order valence-electron chi connectivity index (χ0n) is 12.6. The Bertz CT molecular complexity index is 502. The van der Waals surface area contributed by atoms with E-state index in [1.807, 2.05) is 32.9 Å². The topological polar surface area (TPSA) is 51.7 Å². The van der Waals surface area contributed by atoms with Crippen molar-refractivity contribution >= 4 is 22.0 Å². The minimum atomic E-state index is -0.475. The molecule has 1 fully saturated rings. The normalized spacial score (nSPS) is 18.7. The third-order valence-corrected chi connectivity index (χ3v) is 3.56. The number of halogens is 1. The Kier molecular flexibility index (Phi) is 5.08. The first-order valence-corrected chi connectivity index (χ1v) is 7.89. The van der Waals surface area contributed by atoms with Crippen molar-refractivity contribution in [1.29, 1.82) is 0 Å². The molecule has 1 aromatic heterocycles. The number of carbonyl (C=O) groups excluding carboxylic acids is 1. The zero-order valence-corrected chi connectivity index (χ0v) is 14.2. The third kappa shape index (κ3) is 4.88. The number of hydrogen-bond acceptors (Lipinski definition) is 4. The van der Waals surface area contributed by atoms with Crippen molar-refractivity contribution in [3.63, 3.8) is 0 Å². The van der Waals surface area contributed by atoms with Gasteiger partial charge in [-0.25, -0.2) is 9.78 Å². The minimum absolute atomic E-state index is 0.0423. The van der Waals surface area contributed by atoms with Crippen LogP contribution in [0.3, 0.4) is 0 Å². The largest absolute Gasteiger partial charge is 0.475 e. The summed E-state index contributed by atoms with van der Waals surface area (Å²) in [5, 5.41) is 0. The second-order valence-electron chi connectivity index (χ2n) is 6.08. The summed E-state index contributed by atoms with van der Waals surface area (Å²) >= 11 is 3.31. The highest BCUT2D eigenvalue weighted by Gasteiger charge is 2.32. The van der Waals surface area contributed by atoms with Crippen molar-refractivity contribution < 1.29 is 14.3 Å². The fraction of sp³-hybridized carbons (Fsp3) is 0.600. The SMILES string of the molecule is CC(C)(C)OC(=O)N1CCCC1COc1cccc(Br)n1. The molecule has 0 aromatic carbocycles. The number of likely N-dealkylation sites (tertiary alicyclic amines) is 1. The van der Waals surface area contributed by atoms with E-state index in [1.165, 1.54) is 0 Å². The predicted molar refractivity (Wildman–Crippen MR) is 83.4 cm³/mol. The van der Waals surface area contributed by atoms with Crippen LogP contribution in [0.1, 0.15) is 33.6 Å². The highest BCUT2D eigenvalue weighted by molar-refractivity contribution is 9.10. The van der Waals surface area contributed by atoms with E-state index in [9.17, 15) is 4.79 Å². The van der Waals surface area contributed by atoms with Gasteiger partial charge in [-0.3, -0.25) is 0 Å². The van der Waals surface area contributed by atoms with E-state index in [2.05, 4.69) is 20.9 Å². The highest BCUT2D eigenvalue weighted by atomic mass is 79.9. The van der Waals surface area contributed by atoms with E-state index >= 15 is 0 Å². The summed E-state index contributed by atoms with van der Waals surface area (Å²) in [6.45, 7) is 6.77. The fourth-order valence-corrected chi connectivity index (χ4v) is 2.55. The van der Waals surface area contributed by atoms with Crippen LogP contribution in [0.2, 0.25) is 0 Å². The molecule has 5 nitrogen and oxygen atoms in total. The predicted octanol–water partition coefficient (Wildman–Crippen LogP) is 3.62. The molecule has 21 heavy (non-hydrogen) atoms. The molecule has 1 saturated heterocycles. The number of carbonyl (C=O) groups is 1. The molecular weight excluding hydrogens is 336 g/mol. The molecule has 0 saturated carbocycles. The summed E-state index contributed by atoms with van der Waals surface area (Å²) < 4.78 is 11.9. The van der Waals surface area contributed by atoms with Gasteiger partial charge in [0.25, 0.3) is 0 Å². The van der Waals surface area contributed by atoms with E-state index < -0.39 is 5.60 Å². The number of ether oxygens (including phenoxy) is 2. The van der Waals surface area contributed by atoms with Gasteiger partial charge in [0, 0.05) is 12.6 Å². The molecule has 1 amide bonds. The van der Waals surface area contributed by atoms with Gasteiger partial charge in [0.05, 0.1) is 6.04 Å². The summed E-state index contributed by atoms with van der Waals surface area (Å²) in [5.74, 6) is 0.556. The van der Waals surface area contributed by atoms with Crippen molar-refractivity contribution in [1.82, 2.24) is 9.88 Å². The lowest BCUT2D eigenvalue weighted by Gasteiger charge is -2.28. The molecule has 0 radical (unpaired) electrons. The Balaban J connectivity index is 1.91. The van der Waals surface area contributed by atoms with Crippen LogP contribution in [-0.4, -0.2) is 40.8 Å². The maximum atomic E-state index is 12.2. The fourth-order valence-electron chi connectivity index (χ4n) is 2.22. The Morgan fingerprint density at radius 3 is 2.90 bits per heavy atom. The molecule has 0 N–H and O–H groups in total. The molecule has 116 valence electrons. The molecule has 1 unspecified atom stereocenters. The van der Waals surface area contributed by atoms with Crippen molar-refractivity contribution in [2.45, 2.75) is 45.3 Å². The van der Waals surface area contributed by atoms with Crippen LogP contribution < -0.4 is 4.74 Å². The summed E-state index contributed by atoms with van der Waals surface area (Å²) in [7, 11) is 0. The second kappa shape index (κ2) is 6.64. The number of pyridine rings is 1. The molecule has 1 aliphatic heterocycles. The van der Waals surface area contributed by atoms with Crippen molar-refractivity contribution in [3.05, 3.63) is 22.8 Å². The van der Waals surface area contributed by atoms with Gasteiger partial charge in [-0.05, 0) is 55.6 Å². The van der Waals surface area contributed by atoms with Crippen LogP contribution in [-0.2, 0) is 4.74 Å². The van der Waals surface area contributed by atoms with E-state index in [-0.39, 0.29) is 12.1 Å². The van der Waals surface area contributed by atoms with Gasteiger partial charge < -0.3 is 14.4 Å². The van der Waals surface area contributed by atoms with Crippen LogP contribution in [0, 0.1) is 0 Å². The Labute approximate surface area is 133 Å². The molecule has 1 atom stereocenters. The summed E-state index contributed by atoms with van der Waals surface area (Å²) in [6.07, 6.45) is 1.63. The first kappa shape index (κ1) is 16.1. The number of nitrogens with zero attached hydrogens (tertiary/aromatic N) is 2. The lowest BCUT2D eigenvalue weighted by Crippen LogP contribution is -2.42. The number of rotatable bonds is 3. The standard InChI is InChI=1S/C15H21BrN2O3/c1-15(2,3)21-14(19)18-9-5-6-11(18)10-20-13-8-4-7-12(16)17-13/h4,7-8,11H,5-6,9-10H2,1-3H3. The van der Waals surface area contributed by atoms with Gasteiger partial charge in [0.15, 0.2) is 0 Å². The molecule has 2 rings (SSSR count). The average molecular weight is 357 g/mol. The summed E-state index contributed by atoms with van der Waals surface area (Å²) in [6, 6.07) is 5.56. The molecule has 1 aromatic rings. The van der Waals surface area contributed by atoms with Crippen LogP contribution in [0.15, 0.2) is 22.8 Å². The second-order valence-corrected chi connectivity index (χ2v) is 6.89. The number of aromatic nitrogens is 1. The van der Waals surface area contributed by atoms with Crippen molar-refractivity contribution in [2.24, 2.45) is 0 Å². The molecule has 2 heterocycles.